The van der Waals surface area contributed by atoms with Gasteiger partial charge in [0.1, 0.15) is 11.5 Å². The van der Waals surface area contributed by atoms with E-state index in [-0.39, 0.29) is 6.10 Å². The highest BCUT2D eigenvalue weighted by Crippen LogP contribution is 2.40. The maximum absolute atomic E-state index is 5.88. The molecule has 0 radical (unpaired) electrons. The molecule has 1 aromatic carbocycles. The van der Waals surface area contributed by atoms with Crippen LogP contribution in [0.3, 0.4) is 0 Å². The highest BCUT2D eigenvalue weighted by atomic mass is 16.5. The largest absolute Gasteiger partial charge is 0.493 e. The van der Waals surface area contributed by atoms with Crippen LogP contribution in [0.4, 0.5) is 0 Å². The van der Waals surface area contributed by atoms with Crippen LogP contribution in [0.25, 0.3) is 0 Å². The Balaban J connectivity index is 1.70. The number of benzene rings is 1. The summed E-state index contributed by atoms with van der Waals surface area (Å²) in [6.07, 6.45) is 4.09. The van der Waals surface area contributed by atoms with Crippen molar-refractivity contribution in [3.8, 4) is 11.5 Å². The summed E-state index contributed by atoms with van der Waals surface area (Å²) in [6, 6.07) is 7.05. The average molecular weight is 275 g/mol. The minimum atomic E-state index is 0.206. The fourth-order valence-electron chi connectivity index (χ4n) is 3.40. The molecule has 0 amide bonds. The van der Waals surface area contributed by atoms with E-state index in [1.807, 2.05) is 19.9 Å². The smallest absolute Gasteiger partial charge is 0.126 e. The van der Waals surface area contributed by atoms with Crippen LogP contribution in [0, 0.1) is 0 Å². The maximum atomic E-state index is 5.88. The molecule has 2 aliphatic rings. The van der Waals surface area contributed by atoms with Crippen molar-refractivity contribution in [2.45, 2.75) is 51.2 Å². The number of ether oxygens (including phenoxy) is 2. The van der Waals surface area contributed by atoms with Crippen LogP contribution >= 0.6 is 0 Å². The third-order valence-corrected chi connectivity index (χ3v) is 4.46. The molecule has 0 N–H and O–H groups in total. The number of hydrogen-bond donors (Lipinski definition) is 0. The van der Waals surface area contributed by atoms with Crippen molar-refractivity contribution in [3.05, 3.63) is 23.8 Å². The molecule has 0 saturated carbocycles. The molecule has 0 aromatic heterocycles. The highest BCUT2D eigenvalue weighted by Gasteiger charge is 2.30. The normalized spacial score (nSPS) is 25.8. The van der Waals surface area contributed by atoms with Gasteiger partial charge >= 0.3 is 0 Å². The lowest BCUT2D eigenvalue weighted by Crippen LogP contribution is -2.27. The number of hydrogen-bond acceptors (Lipinski definition) is 3. The summed E-state index contributed by atoms with van der Waals surface area (Å²) in [6.45, 7) is 6.16. The van der Waals surface area contributed by atoms with Gasteiger partial charge in [-0.1, -0.05) is 6.07 Å². The van der Waals surface area contributed by atoms with E-state index in [0.717, 1.165) is 24.1 Å². The quantitative estimate of drug-likeness (QED) is 0.840. The van der Waals surface area contributed by atoms with Crippen LogP contribution in [0.2, 0.25) is 0 Å². The van der Waals surface area contributed by atoms with Gasteiger partial charge in [0, 0.05) is 23.6 Å². The molecule has 2 atom stereocenters. The van der Waals surface area contributed by atoms with E-state index in [4.69, 9.17) is 9.47 Å². The topological polar surface area (TPSA) is 21.7 Å². The molecule has 1 fully saturated rings. The van der Waals surface area contributed by atoms with Gasteiger partial charge in [-0.2, -0.15) is 0 Å². The first kappa shape index (κ1) is 13.7. The molecular weight excluding hydrogens is 250 g/mol. The minimum Gasteiger partial charge on any atom is -0.493 e. The van der Waals surface area contributed by atoms with Crippen LogP contribution in [0.15, 0.2) is 18.2 Å². The van der Waals surface area contributed by atoms with Crippen LogP contribution in [0.5, 0.6) is 11.5 Å². The lowest BCUT2D eigenvalue weighted by Gasteiger charge is -2.22. The number of likely N-dealkylation sites (tertiary alicyclic amines) is 1. The zero-order valence-corrected chi connectivity index (χ0v) is 12.8. The molecule has 110 valence electrons. The fraction of sp³-hybridized carbons (Fsp3) is 0.647. The lowest BCUT2D eigenvalue weighted by molar-refractivity contribution is 0.240. The summed E-state index contributed by atoms with van der Waals surface area (Å²) in [5, 5.41) is 0. The summed E-state index contributed by atoms with van der Waals surface area (Å²) in [5.41, 5.74) is 1.36. The summed E-state index contributed by atoms with van der Waals surface area (Å²) < 4.78 is 11.6. The predicted octanol–water partition coefficient (Wildman–Crippen LogP) is 3.43. The second kappa shape index (κ2) is 5.65. The van der Waals surface area contributed by atoms with Crippen molar-refractivity contribution in [1.29, 1.82) is 0 Å². The Hall–Kier alpha value is -1.22. The van der Waals surface area contributed by atoms with Crippen molar-refractivity contribution in [2.24, 2.45) is 0 Å². The van der Waals surface area contributed by atoms with E-state index < -0.39 is 0 Å². The Morgan fingerprint density at radius 3 is 2.95 bits per heavy atom. The van der Waals surface area contributed by atoms with Gasteiger partial charge in [-0.15, -0.1) is 0 Å². The van der Waals surface area contributed by atoms with Gasteiger partial charge in [0.25, 0.3) is 0 Å². The first-order chi connectivity index (χ1) is 9.63. The van der Waals surface area contributed by atoms with Crippen molar-refractivity contribution < 1.29 is 9.47 Å². The molecule has 1 saturated heterocycles. The third kappa shape index (κ3) is 2.78. The van der Waals surface area contributed by atoms with E-state index >= 15 is 0 Å². The first-order valence-electron chi connectivity index (χ1n) is 7.77. The van der Waals surface area contributed by atoms with E-state index in [0.29, 0.717) is 5.92 Å². The molecular formula is C17H25NO2. The number of nitrogens with zero attached hydrogens (tertiary/aromatic N) is 1. The van der Waals surface area contributed by atoms with Crippen LogP contribution < -0.4 is 9.47 Å². The fourth-order valence-corrected chi connectivity index (χ4v) is 3.40. The molecule has 2 heterocycles. The third-order valence-electron chi connectivity index (χ3n) is 4.46. The monoisotopic (exact) mass is 275 g/mol. The molecule has 0 unspecified atom stereocenters. The highest BCUT2D eigenvalue weighted by molar-refractivity contribution is 5.45. The van der Waals surface area contributed by atoms with E-state index in [2.05, 4.69) is 24.1 Å². The van der Waals surface area contributed by atoms with Gasteiger partial charge in [0.15, 0.2) is 0 Å². The molecule has 20 heavy (non-hydrogen) atoms. The van der Waals surface area contributed by atoms with Gasteiger partial charge in [-0.3, -0.25) is 0 Å². The van der Waals surface area contributed by atoms with Crippen molar-refractivity contribution in [2.75, 3.05) is 20.2 Å². The van der Waals surface area contributed by atoms with Crippen molar-refractivity contribution in [1.82, 2.24) is 4.90 Å². The SMILES string of the molecule is CC(C)Oc1ccc2c(c1)OC[C@H]2C[C@H]1CCCN1C. The standard InChI is InChI=1S/C17H25NO2/c1-12(2)20-15-6-7-16-13(11-19-17(16)10-15)9-14-5-4-8-18(14)3/h6-7,10,12-14H,4-5,8-9,11H2,1-3H3/t13-,14-/m1/s1. The molecule has 2 aliphatic heterocycles. The number of fused-ring (bicyclic) bond motifs is 1. The van der Waals surface area contributed by atoms with E-state index in [9.17, 15) is 0 Å². The maximum Gasteiger partial charge on any atom is 0.126 e. The Labute approximate surface area is 121 Å². The Morgan fingerprint density at radius 1 is 1.40 bits per heavy atom. The zero-order chi connectivity index (χ0) is 14.1. The summed E-state index contributed by atoms with van der Waals surface area (Å²) in [4.78, 5) is 2.49. The van der Waals surface area contributed by atoms with Crippen LogP contribution in [-0.4, -0.2) is 37.2 Å². The Bertz CT molecular complexity index is 472. The summed E-state index contributed by atoms with van der Waals surface area (Å²) in [5.74, 6) is 2.48. The van der Waals surface area contributed by atoms with E-state index in [1.54, 1.807) is 0 Å². The van der Waals surface area contributed by atoms with Gasteiger partial charge in [0.2, 0.25) is 0 Å². The van der Waals surface area contributed by atoms with Crippen LogP contribution in [0.1, 0.15) is 44.6 Å². The lowest BCUT2D eigenvalue weighted by atomic mass is 9.93. The van der Waals surface area contributed by atoms with Gasteiger partial charge in [0.05, 0.1) is 12.7 Å². The van der Waals surface area contributed by atoms with E-state index in [1.165, 1.54) is 31.4 Å². The van der Waals surface area contributed by atoms with Crippen LogP contribution in [-0.2, 0) is 0 Å². The zero-order valence-electron chi connectivity index (χ0n) is 12.8. The second-order valence-corrected chi connectivity index (χ2v) is 6.39. The van der Waals surface area contributed by atoms with Gasteiger partial charge in [-0.05, 0) is 52.8 Å². The van der Waals surface area contributed by atoms with Crippen molar-refractivity contribution >= 4 is 0 Å². The van der Waals surface area contributed by atoms with Gasteiger partial charge < -0.3 is 14.4 Å². The second-order valence-electron chi connectivity index (χ2n) is 6.39. The first-order valence-corrected chi connectivity index (χ1v) is 7.77. The minimum absolute atomic E-state index is 0.206. The molecule has 3 heteroatoms. The Morgan fingerprint density at radius 2 is 2.25 bits per heavy atom. The Kier molecular flexibility index (Phi) is 3.88. The molecule has 0 bridgehead atoms. The molecule has 3 rings (SSSR count). The number of rotatable bonds is 4. The predicted molar refractivity (Wildman–Crippen MR) is 80.7 cm³/mol. The van der Waals surface area contributed by atoms with Gasteiger partial charge in [-0.25, -0.2) is 0 Å². The molecule has 0 spiro atoms. The average Bonchev–Trinajstić information content (AvgIpc) is 2.97. The summed E-state index contributed by atoms with van der Waals surface area (Å²) >= 11 is 0. The summed E-state index contributed by atoms with van der Waals surface area (Å²) in [7, 11) is 2.24. The molecule has 3 nitrogen and oxygen atoms in total. The molecule has 0 aliphatic carbocycles. The van der Waals surface area contributed by atoms with Crippen molar-refractivity contribution in [3.63, 3.8) is 0 Å². The molecule has 1 aromatic rings.